The number of hydrogen-bond acceptors (Lipinski definition) is 4. The minimum atomic E-state index is -0.0777. The van der Waals surface area contributed by atoms with E-state index in [0.717, 1.165) is 45.7 Å². The largest absolute Gasteiger partial charge is 0.381 e. The van der Waals surface area contributed by atoms with E-state index in [1.807, 2.05) is 0 Å². The molecule has 2 heterocycles. The number of carbonyl (C=O) groups excluding carboxylic acids is 1. The molecule has 98 valence electrons. The van der Waals surface area contributed by atoms with E-state index in [-0.39, 0.29) is 11.9 Å². The Balaban J connectivity index is 1.66. The summed E-state index contributed by atoms with van der Waals surface area (Å²) in [5.41, 5.74) is 0. The summed E-state index contributed by atoms with van der Waals surface area (Å²) in [4.78, 5) is 11.9. The molecule has 2 fully saturated rings. The maximum absolute atomic E-state index is 11.9. The van der Waals surface area contributed by atoms with Crippen LogP contribution >= 0.6 is 0 Å². The number of rotatable bonds is 3. The third kappa shape index (κ3) is 3.94. The molecule has 2 aliphatic rings. The zero-order chi connectivity index (χ0) is 12.1. The molecule has 2 saturated heterocycles. The van der Waals surface area contributed by atoms with E-state index in [0.29, 0.717) is 12.0 Å². The SMILES string of the molecule is CC1CNC(C(=O)NCC2CCOCC2)CN1. The van der Waals surface area contributed by atoms with Crippen LogP contribution in [0.1, 0.15) is 19.8 Å². The molecule has 5 nitrogen and oxygen atoms in total. The van der Waals surface area contributed by atoms with E-state index in [4.69, 9.17) is 4.74 Å². The lowest BCUT2D eigenvalue weighted by molar-refractivity contribution is -0.123. The molecular weight excluding hydrogens is 218 g/mol. The van der Waals surface area contributed by atoms with Crippen LogP contribution in [-0.2, 0) is 9.53 Å². The van der Waals surface area contributed by atoms with Crippen LogP contribution < -0.4 is 16.0 Å². The first-order chi connectivity index (χ1) is 8.25. The van der Waals surface area contributed by atoms with Crippen molar-refractivity contribution in [3.63, 3.8) is 0 Å². The molecule has 0 radical (unpaired) electrons. The fourth-order valence-electron chi connectivity index (χ4n) is 2.29. The molecule has 5 heteroatoms. The van der Waals surface area contributed by atoms with Crippen LogP contribution in [0.25, 0.3) is 0 Å². The third-order valence-corrected chi connectivity index (χ3v) is 3.56. The lowest BCUT2D eigenvalue weighted by atomic mass is 10.0. The van der Waals surface area contributed by atoms with E-state index in [2.05, 4.69) is 22.9 Å². The first-order valence-electron chi connectivity index (χ1n) is 6.58. The van der Waals surface area contributed by atoms with Crippen LogP contribution in [0.2, 0.25) is 0 Å². The summed E-state index contributed by atoms with van der Waals surface area (Å²) in [6, 6.07) is 0.376. The maximum atomic E-state index is 11.9. The summed E-state index contributed by atoms with van der Waals surface area (Å²) in [7, 11) is 0. The quantitative estimate of drug-likeness (QED) is 0.622. The van der Waals surface area contributed by atoms with Gasteiger partial charge in [0.05, 0.1) is 6.04 Å². The number of carbonyl (C=O) groups is 1. The summed E-state index contributed by atoms with van der Waals surface area (Å²) >= 11 is 0. The molecule has 1 amide bonds. The van der Waals surface area contributed by atoms with Gasteiger partial charge in [-0.3, -0.25) is 4.79 Å². The van der Waals surface area contributed by atoms with E-state index in [9.17, 15) is 4.79 Å². The van der Waals surface area contributed by atoms with Crippen molar-refractivity contribution in [3.05, 3.63) is 0 Å². The van der Waals surface area contributed by atoms with E-state index >= 15 is 0 Å². The Kier molecular flexibility index (Phi) is 4.76. The fraction of sp³-hybridized carbons (Fsp3) is 0.917. The Labute approximate surface area is 103 Å². The van der Waals surface area contributed by atoms with Gasteiger partial charge in [-0.05, 0) is 25.7 Å². The molecule has 2 rings (SSSR count). The predicted octanol–water partition coefficient (Wildman–Crippen LogP) is -0.521. The van der Waals surface area contributed by atoms with Crippen LogP contribution in [0.15, 0.2) is 0 Å². The van der Waals surface area contributed by atoms with Crippen molar-refractivity contribution in [1.29, 1.82) is 0 Å². The standard InChI is InChI=1S/C12H23N3O2/c1-9-6-14-11(8-13-9)12(16)15-7-10-2-4-17-5-3-10/h9-11,13-14H,2-8H2,1H3,(H,15,16). The van der Waals surface area contributed by atoms with Gasteiger partial charge in [-0.15, -0.1) is 0 Å². The van der Waals surface area contributed by atoms with Gasteiger partial charge in [-0.25, -0.2) is 0 Å². The van der Waals surface area contributed by atoms with Crippen LogP contribution in [0.5, 0.6) is 0 Å². The maximum Gasteiger partial charge on any atom is 0.238 e. The minimum absolute atomic E-state index is 0.0777. The Morgan fingerprint density at radius 2 is 2.06 bits per heavy atom. The topological polar surface area (TPSA) is 62.4 Å². The highest BCUT2D eigenvalue weighted by molar-refractivity contribution is 5.82. The molecule has 3 N–H and O–H groups in total. The minimum Gasteiger partial charge on any atom is -0.381 e. The molecule has 0 aromatic heterocycles. The van der Waals surface area contributed by atoms with Gasteiger partial charge >= 0.3 is 0 Å². The molecule has 2 unspecified atom stereocenters. The van der Waals surface area contributed by atoms with E-state index in [1.165, 1.54) is 0 Å². The molecule has 0 bridgehead atoms. The van der Waals surface area contributed by atoms with Crippen molar-refractivity contribution in [2.24, 2.45) is 5.92 Å². The van der Waals surface area contributed by atoms with Crippen molar-refractivity contribution in [2.45, 2.75) is 31.8 Å². The molecule has 0 saturated carbocycles. The Morgan fingerprint density at radius 1 is 1.29 bits per heavy atom. The summed E-state index contributed by atoms with van der Waals surface area (Å²) < 4.78 is 5.30. The molecule has 0 aromatic rings. The van der Waals surface area contributed by atoms with Crippen molar-refractivity contribution >= 4 is 5.91 Å². The van der Waals surface area contributed by atoms with Crippen LogP contribution in [0.4, 0.5) is 0 Å². The number of hydrogen-bond donors (Lipinski definition) is 3. The average Bonchev–Trinajstić information content (AvgIpc) is 2.38. The first-order valence-corrected chi connectivity index (χ1v) is 6.58. The summed E-state index contributed by atoms with van der Waals surface area (Å²) in [6.45, 7) is 6.15. The predicted molar refractivity (Wildman–Crippen MR) is 65.8 cm³/mol. The van der Waals surface area contributed by atoms with Gasteiger partial charge in [-0.1, -0.05) is 0 Å². The highest BCUT2D eigenvalue weighted by atomic mass is 16.5. The second-order valence-corrected chi connectivity index (χ2v) is 5.07. The highest BCUT2D eigenvalue weighted by Crippen LogP contribution is 2.13. The van der Waals surface area contributed by atoms with Gasteiger partial charge in [0, 0.05) is 38.9 Å². The van der Waals surface area contributed by atoms with Crippen molar-refractivity contribution in [2.75, 3.05) is 32.8 Å². The first kappa shape index (κ1) is 12.8. The highest BCUT2D eigenvalue weighted by Gasteiger charge is 2.23. The second-order valence-electron chi connectivity index (χ2n) is 5.07. The molecule has 2 atom stereocenters. The third-order valence-electron chi connectivity index (χ3n) is 3.56. The smallest absolute Gasteiger partial charge is 0.238 e. The number of nitrogens with one attached hydrogen (secondary N) is 3. The fourth-order valence-corrected chi connectivity index (χ4v) is 2.29. The van der Waals surface area contributed by atoms with Gasteiger partial charge < -0.3 is 20.7 Å². The van der Waals surface area contributed by atoms with Gasteiger partial charge in [0.1, 0.15) is 0 Å². The molecule has 2 aliphatic heterocycles. The second kappa shape index (κ2) is 6.33. The van der Waals surface area contributed by atoms with Gasteiger partial charge in [-0.2, -0.15) is 0 Å². The zero-order valence-corrected chi connectivity index (χ0v) is 10.5. The molecule has 0 aliphatic carbocycles. The van der Waals surface area contributed by atoms with Crippen molar-refractivity contribution in [1.82, 2.24) is 16.0 Å². The van der Waals surface area contributed by atoms with Gasteiger partial charge in [0.25, 0.3) is 0 Å². The lowest BCUT2D eigenvalue weighted by Crippen LogP contribution is -2.59. The van der Waals surface area contributed by atoms with E-state index < -0.39 is 0 Å². The molecular formula is C12H23N3O2. The lowest BCUT2D eigenvalue weighted by Gasteiger charge is -2.29. The summed E-state index contributed by atoms with van der Waals surface area (Å²) in [6.07, 6.45) is 2.13. The van der Waals surface area contributed by atoms with Crippen molar-refractivity contribution in [3.8, 4) is 0 Å². The van der Waals surface area contributed by atoms with Crippen LogP contribution in [0.3, 0.4) is 0 Å². The Morgan fingerprint density at radius 3 is 2.71 bits per heavy atom. The van der Waals surface area contributed by atoms with Crippen LogP contribution in [0, 0.1) is 5.92 Å². The Hall–Kier alpha value is -0.650. The van der Waals surface area contributed by atoms with Crippen molar-refractivity contribution < 1.29 is 9.53 Å². The zero-order valence-electron chi connectivity index (χ0n) is 10.5. The van der Waals surface area contributed by atoms with Gasteiger partial charge in [0.15, 0.2) is 0 Å². The Bertz CT molecular complexity index is 246. The molecule has 17 heavy (non-hydrogen) atoms. The monoisotopic (exact) mass is 241 g/mol. The number of amides is 1. The number of piperazine rings is 1. The molecule has 0 aromatic carbocycles. The average molecular weight is 241 g/mol. The molecule has 0 spiro atoms. The van der Waals surface area contributed by atoms with E-state index in [1.54, 1.807) is 0 Å². The summed E-state index contributed by atoms with van der Waals surface area (Å²) in [5.74, 6) is 0.707. The van der Waals surface area contributed by atoms with Crippen LogP contribution in [-0.4, -0.2) is 50.8 Å². The summed E-state index contributed by atoms with van der Waals surface area (Å²) in [5, 5.41) is 9.60. The van der Waals surface area contributed by atoms with Gasteiger partial charge in [0.2, 0.25) is 5.91 Å². The normalized spacial score (nSPS) is 31.1. The number of ether oxygens (including phenoxy) is 1.